The molecule has 1 atom stereocenters. The zero-order valence-electron chi connectivity index (χ0n) is 11.8. The van der Waals surface area contributed by atoms with E-state index in [1.54, 1.807) is 29.4 Å². The van der Waals surface area contributed by atoms with Gasteiger partial charge in [-0.05, 0) is 30.3 Å². The molecular weight excluding hydrogens is 282 g/mol. The van der Waals surface area contributed by atoms with Crippen molar-refractivity contribution in [2.45, 2.75) is 6.04 Å². The summed E-state index contributed by atoms with van der Waals surface area (Å²) in [5, 5.41) is 6.01. The first-order valence-corrected chi connectivity index (χ1v) is 7.24. The van der Waals surface area contributed by atoms with Crippen LogP contribution < -0.4 is 10.6 Å². The molecule has 0 unspecified atom stereocenters. The molecule has 4 rings (SSSR count). The maximum absolute atomic E-state index is 12.8. The molecule has 6 heteroatoms. The van der Waals surface area contributed by atoms with Gasteiger partial charge in [-0.25, -0.2) is 0 Å². The number of benzene rings is 1. The third-order valence-electron chi connectivity index (χ3n) is 4.12. The molecule has 2 aliphatic heterocycles. The van der Waals surface area contributed by atoms with Gasteiger partial charge in [0.2, 0.25) is 5.91 Å². The quantitative estimate of drug-likeness (QED) is 0.832. The number of piperazine rings is 1. The van der Waals surface area contributed by atoms with E-state index in [4.69, 9.17) is 4.42 Å². The molecule has 6 nitrogen and oxygen atoms in total. The van der Waals surface area contributed by atoms with Gasteiger partial charge in [-0.15, -0.1) is 0 Å². The Morgan fingerprint density at radius 2 is 2.14 bits per heavy atom. The van der Waals surface area contributed by atoms with E-state index in [0.717, 1.165) is 5.56 Å². The highest BCUT2D eigenvalue weighted by molar-refractivity contribution is 6.10. The molecule has 2 aliphatic rings. The number of anilines is 1. The van der Waals surface area contributed by atoms with Crippen molar-refractivity contribution in [1.82, 2.24) is 10.2 Å². The average molecular weight is 297 g/mol. The molecule has 22 heavy (non-hydrogen) atoms. The third-order valence-corrected chi connectivity index (χ3v) is 4.12. The smallest absolute Gasteiger partial charge is 0.256 e. The van der Waals surface area contributed by atoms with Crippen molar-refractivity contribution in [2.75, 3.05) is 25.0 Å². The summed E-state index contributed by atoms with van der Waals surface area (Å²) >= 11 is 0. The number of nitrogens with zero attached hydrogens (tertiary/aromatic N) is 1. The summed E-state index contributed by atoms with van der Waals surface area (Å²) in [4.78, 5) is 26.8. The molecule has 1 aromatic heterocycles. The van der Waals surface area contributed by atoms with Gasteiger partial charge in [0.05, 0.1) is 17.5 Å². The fraction of sp³-hybridized carbons (Fsp3) is 0.250. The van der Waals surface area contributed by atoms with Crippen molar-refractivity contribution >= 4 is 17.5 Å². The molecule has 2 N–H and O–H groups in total. The van der Waals surface area contributed by atoms with Crippen molar-refractivity contribution in [3.05, 3.63) is 42.2 Å². The van der Waals surface area contributed by atoms with Gasteiger partial charge >= 0.3 is 0 Å². The maximum atomic E-state index is 12.8. The Kier molecular flexibility index (Phi) is 2.97. The average Bonchev–Trinajstić information content (AvgIpc) is 3.06. The van der Waals surface area contributed by atoms with E-state index in [9.17, 15) is 9.59 Å². The first-order chi connectivity index (χ1) is 10.7. The number of carbonyl (C=O) groups is 2. The number of amides is 2. The van der Waals surface area contributed by atoms with E-state index in [1.807, 2.05) is 12.1 Å². The number of hydrogen-bond donors (Lipinski definition) is 2. The molecule has 2 aromatic rings. The molecule has 0 aliphatic carbocycles. The van der Waals surface area contributed by atoms with Gasteiger partial charge < -0.3 is 20.0 Å². The number of furan rings is 1. The number of hydrogen-bond acceptors (Lipinski definition) is 4. The van der Waals surface area contributed by atoms with Gasteiger partial charge in [-0.3, -0.25) is 9.59 Å². The minimum Gasteiger partial charge on any atom is -0.464 e. The summed E-state index contributed by atoms with van der Waals surface area (Å²) < 4.78 is 5.38. The van der Waals surface area contributed by atoms with Gasteiger partial charge in [0, 0.05) is 25.2 Å². The topological polar surface area (TPSA) is 74.6 Å². The third kappa shape index (κ3) is 2.00. The molecule has 112 valence electrons. The number of nitrogens with one attached hydrogen (secondary N) is 2. The van der Waals surface area contributed by atoms with E-state index in [1.165, 1.54) is 0 Å². The molecule has 2 amide bonds. The Labute approximate surface area is 127 Å². The van der Waals surface area contributed by atoms with Crippen molar-refractivity contribution in [3.63, 3.8) is 0 Å². The molecule has 3 heterocycles. The number of fused-ring (bicyclic) bond motifs is 2. The van der Waals surface area contributed by atoms with Crippen LogP contribution in [0.5, 0.6) is 0 Å². The van der Waals surface area contributed by atoms with Crippen LogP contribution in [-0.4, -0.2) is 42.4 Å². The fourth-order valence-electron chi connectivity index (χ4n) is 2.98. The van der Waals surface area contributed by atoms with Crippen LogP contribution in [0.15, 0.2) is 41.0 Å². The summed E-state index contributed by atoms with van der Waals surface area (Å²) in [6, 6.07) is 8.57. The van der Waals surface area contributed by atoms with Crippen molar-refractivity contribution in [1.29, 1.82) is 0 Å². The predicted octanol–water partition coefficient (Wildman–Crippen LogP) is 1.31. The molecule has 0 spiro atoms. The molecule has 0 saturated carbocycles. The summed E-state index contributed by atoms with van der Waals surface area (Å²) in [5.74, 6) is 0.432. The Bertz CT molecular complexity index is 739. The zero-order chi connectivity index (χ0) is 15.1. The largest absolute Gasteiger partial charge is 0.464 e. The first-order valence-electron chi connectivity index (χ1n) is 7.24. The lowest BCUT2D eigenvalue weighted by atomic mass is 10.1. The van der Waals surface area contributed by atoms with Crippen LogP contribution in [0.3, 0.4) is 0 Å². The summed E-state index contributed by atoms with van der Waals surface area (Å²) in [7, 11) is 0. The lowest BCUT2D eigenvalue weighted by Crippen LogP contribution is -2.57. The highest BCUT2D eigenvalue weighted by Gasteiger charge is 2.36. The Balaban J connectivity index is 1.80. The van der Waals surface area contributed by atoms with Crippen molar-refractivity contribution in [3.8, 4) is 11.3 Å². The second kappa shape index (κ2) is 4.99. The summed E-state index contributed by atoms with van der Waals surface area (Å²) in [6.45, 7) is 1.71. The Hall–Kier alpha value is -2.60. The van der Waals surface area contributed by atoms with Gasteiger partial charge in [0.25, 0.3) is 5.91 Å². The predicted molar refractivity (Wildman–Crippen MR) is 80.5 cm³/mol. The van der Waals surface area contributed by atoms with Crippen LogP contribution in [0.1, 0.15) is 10.4 Å². The zero-order valence-corrected chi connectivity index (χ0v) is 11.8. The van der Waals surface area contributed by atoms with Gasteiger partial charge in [0.1, 0.15) is 11.8 Å². The lowest BCUT2D eigenvalue weighted by molar-refractivity contribution is -0.120. The second-order valence-electron chi connectivity index (χ2n) is 5.45. The molecule has 1 fully saturated rings. The van der Waals surface area contributed by atoms with Crippen LogP contribution >= 0.6 is 0 Å². The van der Waals surface area contributed by atoms with Crippen LogP contribution in [-0.2, 0) is 4.79 Å². The van der Waals surface area contributed by atoms with Crippen molar-refractivity contribution in [2.24, 2.45) is 0 Å². The van der Waals surface area contributed by atoms with E-state index in [0.29, 0.717) is 36.6 Å². The number of rotatable bonds is 1. The minimum atomic E-state index is -0.458. The maximum Gasteiger partial charge on any atom is 0.256 e. The highest BCUT2D eigenvalue weighted by Crippen LogP contribution is 2.29. The first kappa shape index (κ1) is 13.1. The molecular formula is C16H15N3O3. The van der Waals surface area contributed by atoms with Gasteiger partial charge in [-0.2, -0.15) is 0 Å². The van der Waals surface area contributed by atoms with E-state index < -0.39 is 6.04 Å². The number of carbonyl (C=O) groups excluding carboxylic acids is 2. The van der Waals surface area contributed by atoms with Crippen LogP contribution in [0.25, 0.3) is 11.3 Å². The minimum absolute atomic E-state index is 0.117. The monoisotopic (exact) mass is 297 g/mol. The molecule has 0 radical (unpaired) electrons. The molecule has 0 bridgehead atoms. The second-order valence-corrected chi connectivity index (χ2v) is 5.45. The van der Waals surface area contributed by atoms with Crippen molar-refractivity contribution < 1.29 is 14.0 Å². The molecule has 1 saturated heterocycles. The van der Waals surface area contributed by atoms with Gasteiger partial charge in [0.15, 0.2) is 0 Å². The van der Waals surface area contributed by atoms with Crippen LogP contribution in [0.4, 0.5) is 5.69 Å². The normalized spacial score (nSPS) is 20.9. The van der Waals surface area contributed by atoms with E-state index in [-0.39, 0.29) is 11.8 Å². The van der Waals surface area contributed by atoms with Crippen LogP contribution in [0, 0.1) is 0 Å². The lowest BCUT2D eigenvalue weighted by Gasteiger charge is -2.33. The highest BCUT2D eigenvalue weighted by atomic mass is 16.3. The summed E-state index contributed by atoms with van der Waals surface area (Å²) in [5.41, 5.74) is 1.88. The SMILES string of the molecule is O=C1Nc2ccc(-c3ccco3)cc2C(=O)N2CCNC[C@H]12. The molecule has 1 aromatic carbocycles. The summed E-state index contributed by atoms with van der Waals surface area (Å²) in [6.07, 6.45) is 1.59. The Morgan fingerprint density at radius 3 is 2.95 bits per heavy atom. The van der Waals surface area contributed by atoms with E-state index in [2.05, 4.69) is 10.6 Å². The Morgan fingerprint density at radius 1 is 1.23 bits per heavy atom. The fourth-order valence-corrected chi connectivity index (χ4v) is 2.98. The van der Waals surface area contributed by atoms with Crippen LogP contribution in [0.2, 0.25) is 0 Å². The van der Waals surface area contributed by atoms with Gasteiger partial charge in [-0.1, -0.05) is 0 Å². The standard InChI is InChI=1S/C16H15N3O3/c20-15-13-9-17-5-6-19(13)16(21)11-8-10(3-4-12(11)18-15)14-2-1-7-22-14/h1-4,7-8,13,17H,5-6,9H2,(H,18,20)/t13-/m1/s1. The van der Waals surface area contributed by atoms with E-state index >= 15 is 0 Å².